The Morgan fingerprint density at radius 1 is 1.47 bits per heavy atom. The van der Waals surface area contributed by atoms with Gasteiger partial charge in [0.15, 0.2) is 0 Å². The van der Waals surface area contributed by atoms with Crippen LogP contribution in [0.1, 0.15) is 12.8 Å². The van der Waals surface area contributed by atoms with Gasteiger partial charge < -0.3 is 5.11 Å². The lowest BCUT2D eigenvalue weighted by atomic mass is 10.0. The average Bonchev–Trinajstić information content (AvgIpc) is 2.41. The predicted octanol–water partition coefficient (Wildman–Crippen LogP) is 1.87. The number of hydrogen-bond donors (Lipinski definition) is 1. The monoisotopic (exact) mass is 307 g/mol. The third-order valence-electron chi connectivity index (χ3n) is 3.27. The van der Waals surface area contributed by atoms with Gasteiger partial charge in [-0.2, -0.15) is 4.31 Å². The van der Waals surface area contributed by atoms with Crippen molar-refractivity contribution in [3.8, 4) is 0 Å². The normalized spacial score (nSPS) is 21.5. The molecule has 0 aliphatic carbocycles. The van der Waals surface area contributed by atoms with Crippen LogP contribution in [0.25, 0.3) is 0 Å². The minimum absolute atomic E-state index is 0.0162. The summed E-state index contributed by atoms with van der Waals surface area (Å²) < 4.78 is 39.1. The zero-order valence-electron chi connectivity index (χ0n) is 10.2. The summed E-state index contributed by atoms with van der Waals surface area (Å²) in [5.74, 6) is -0.688. The number of piperidine rings is 1. The van der Waals surface area contributed by atoms with Crippen molar-refractivity contribution in [2.24, 2.45) is 5.92 Å². The van der Waals surface area contributed by atoms with Gasteiger partial charge in [0, 0.05) is 19.7 Å². The Kier molecular flexibility index (Phi) is 4.45. The summed E-state index contributed by atoms with van der Waals surface area (Å²) in [6.07, 6.45) is 1.52. The van der Waals surface area contributed by atoms with Crippen molar-refractivity contribution >= 4 is 21.6 Å². The minimum atomic E-state index is -3.67. The molecule has 1 aromatic rings. The molecule has 1 N–H and O–H groups in total. The summed E-state index contributed by atoms with van der Waals surface area (Å²) in [7, 11) is -3.67. The van der Waals surface area contributed by atoms with E-state index in [1.54, 1.807) is 0 Å². The highest BCUT2D eigenvalue weighted by atomic mass is 35.5. The fourth-order valence-corrected chi connectivity index (χ4v) is 4.01. The van der Waals surface area contributed by atoms with Crippen LogP contribution in [0, 0.1) is 11.7 Å². The highest BCUT2D eigenvalue weighted by Gasteiger charge is 2.30. The lowest BCUT2D eigenvalue weighted by molar-refractivity contribution is 0.165. The lowest BCUT2D eigenvalue weighted by Gasteiger charge is -2.30. The van der Waals surface area contributed by atoms with Gasteiger partial charge in [-0.1, -0.05) is 11.6 Å². The Bertz CT molecular complexity index is 564. The largest absolute Gasteiger partial charge is 0.396 e. The third-order valence-corrected chi connectivity index (χ3v) is 5.42. The molecule has 2 rings (SSSR count). The number of halogens is 2. The van der Waals surface area contributed by atoms with Crippen LogP contribution in [-0.4, -0.2) is 37.5 Å². The molecule has 0 bridgehead atoms. The third kappa shape index (κ3) is 3.08. The van der Waals surface area contributed by atoms with Crippen LogP contribution in [0.4, 0.5) is 4.39 Å². The first-order chi connectivity index (χ1) is 8.95. The molecule has 19 heavy (non-hydrogen) atoms. The maximum Gasteiger partial charge on any atom is 0.243 e. The summed E-state index contributed by atoms with van der Waals surface area (Å²) in [5, 5.41) is 8.92. The van der Waals surface area contributed by atoms with Crippen molar-refractivity contribution in [3.63, 3.8) is 0 Å². The number of benzene rings is 1. The predicted molar refractivity (Wildman–Crippen MR) is 70.0 cm³/mol. The molecule has 0 spiro atoms. The van der Waals surface area contributed by atoms with Gasteiger partial charge in [0.2, 0.25) is 10.0 Å². The first kappa shape index (κ1) is 14.7. The van der Waals surface area contributed by atoms with Crippen LogP contribution < -0.4 is 0 Å². The maximum absolute atomic E-state index is 13.1. The van der Waals surface area contributed by atoms with E-state index in [1.807, 2.05) is 0 Å². The van der Waals surface area contributed by atoms with E-state index in [0.29, 0.717) is 13.0 Å². The van der Waals surface area contributed by atoms with E-state index >= 15 is 0 Å². The number of aliphatic hydroxyl groups excluding tert-OH is 1. The Morgan fingerprint density at radius 2 is 2.21 bits per heavy atom. The Balaban J connectivity index is 2.28. The molecule has 4 nitrogen and oxygen atoms in total. The average molecular weight is 308 g/mol. The van der Waals surface area contributed by atoms with E-state index in [9.17, 15) is 12.8 Å². The second-order valence-corrected chi connectivity index (χ2v) is 6.97. The van der Waals surface area contributed by atoms with Gasteiger partial charge in [-0.25, -0.2) is 12.8 Å². The summed E-state index contributed by atoms with van der Waals surface area (Å²) in [5.41, 5.74) is 0. The molecule has 0 radical (unpaired) electrons. The number of hydrogen-bond acceptors (Lipinski definition) is 3. The van der Waals surface area contributed by atoms with Crippen molar-refractivity contribution < 1.29 is 17.9 Å². The van der Waals surface area contributed by atoms with Crippen LogP contribution in [0.2, 0.25) is 5.02 Å². The SMILES string of the molecule is O=S(=O)(c1ccc(F)c(Cl)c1)N1CCCC(CO)C1. The van der Waals surface area contributed by atoms with E-state index in [0.717, 1.165) is 18.6 Å². The zero-order valence-corrected chi connectivity index (χ0v) is 11.8. The van der Waals surface area contributed by atoms with Crippen LogP contribution in [-0.2, 0) is 10.0 Å². The Hall–Kier alpha value is -0.690. The number of sulfonamides is 1. The lowest BCUT2D eigenvalue weighted by Crippen LogP contribution is -2.40. The zero-order chi connectivity index (χ0) is 14.0. The van der Waals surface area contributed by atoms with Gasteiger partial charge in [-0.15, -0.1) is 0 Å². The highest BCUT2D eigenvalue weighted by Crippen LogP contribution is 2.26. The molecule has 1 heterocycles. The number of nitrogens with zero attached hydrogens (tertiary/aromatic N) is 1. The molecule has 0 aromatic heterocycles. The van der Waals surface area contributed by atoms with Gasteiger partial charge >= 0.3 is 0 Å². The minimum Gasteiger partial charge on any atom is -0.396 e. The molecular formula is C12H15ClFNO3S. The number of aliphatic hydroxyl groups is 1. The Labute approximate surface area is 116 Å². The van der Waals surface area contributed by atoms with Crippen LogP contribution in [0.3, 0.4) is 0 Å². The van der Waals surface area contributed by atoms with Crippen LogP contribution in [0.15, 0.2) is 23.1 Å². The summed E-state index contributed by atoms with van der Waals surface area (Å²) in [6, 6.07) is 3.37. The summed E-state index contributed by atoms with van der Waals surface area (Å²) in [6.45, 7) is 0.665. The highest BCUT2D eigenvalue weighted by molar-refractivity contribution is 7.89. The van der Waals surface area contributed by atoms with Crippen molar-refractivity contribution in [2.45, 2.75) is 17.7 Å². The molecule has 0 saturated carbocycles. The van der Waals surface area contributed by atoms with Crippen LogP contribution >= 0.6 is 11.6 Å². The number of rotatable bonds is 3. The second kappa shape index (κ2) is 5.75. The molecule has 1 aliphatic rings. The Morgan fingerprint density at radius 3 is 2.84 bits per heavy atom. The van der Waals surface area contributed by atoms with Crippen molar-refractivity contribution in [3.05, 3.63) is 29.0 Å². The fourth-order valence-electron chi connectivity index (χ4n) is 2.18. The molecule has 106 valence electrons. The standard InChI is InChI=1S/C12H15ClFNO3S/c13-11-6-10(3-4-12(11)14)19(17,18)15-5-1-2-9(7-15)8-16/h3-4,6,9,16H,1-2,5,7-8H2. The molecule has 1 aliphatic heterocycles. The molecule has 7 heteroatoms. The van der Waals surface area contributed by atoms with E-state index in [2.05, 4.69) is 0 Å². The van der Waals surface area contributed by atoms with E-state index < -0.39 is 15.8 Å². The van der Waals surface area contributed by atoms with Crippen LogP contribution in [0.5, 0.6) is 0 Å². The topological polar surface area (TPSA) is 57.6 Å². The van der Waals surface area contributed by atoms with Gasteiger partial charge in [0.1, 0.15) is 5.82 Å². The first-order valence-corrected chi connectivity index (χ1v) is 7.83. The quantitative estimate of drug-likeness (QED) is 0.927. The van der Waals surface area contributed by atoms with Crippen molar-refractivity contribution in [1.29, 1.82) is 0 Å². The van der Waals surface area contributed by atoms with Gasteiger partial charge in [0.25, 0.3) is 0 Å². The van der Waals surface area contributed by atoms with Crippen molar-refractivity contribution in [1.82, 2.24) is 4.31 Å². The molecule has 1 atom stereocenters. The molecular weight excluding hydrogens is 293 g/mol. The molecule has 0 amide bonds. The first-order valence-electron chi connectivity index (χ1n) is 6.01. The van der Waals surface area contributed by atoms with Crippen molar-refractivity contribution in [2.75, 3.05) is 19.7 Å². The molecule has 1 fully saturated rings. The fraction of sp³-hybridized carbons (Fsp3) is 0.500. The van der Waals surface area contributed by atoms with Gasteiger partial charge in [-0.05, 0) is 37.0 Å². The van der Waals surface area contributed by atoms with E-state index in [4.69, 9.17) is 16.7 Å². The van der Waals surface area contributed by atoms with E-state index in [1.165, 1.54) is 10.4 Å². The maximum atomic E-state index is 13.1. The summed E-state index contributed by atoms with van der Waals surface area (Å²) in [4.78, 5) is -0.0162. The smallest absolute Gasteiger partial charge is 0.243 e. The second-order valence-electron chi connectivity index (χ2n) is 4.63. The molecule has 1 unspecified atom stereocenters. The molecule has 1 aromatic carbocycles. The molecule has 1 saturated heterocycles. The van der Waals surface area contributed by atoms with Gasteiger partial charge in [-0.3, -0.25) is 0 Å². The van der Waals surface area contributed by atoms with Gasteiger partial charge in [0.05, 0.1) is 9.92 Å². The summed E-state index contributed by atoms with van der Waals surface area (Å²) >= 11 is 5.62. The van der Waals surface area contributed by atoms with E-state index in [-0.39, 0.29) is 29.0 Å².